The van der Waals surface area contributed by atoms with Crippen molar-refractivity contribution in [1.82, 2.24) is 24.6 Å². The largest absolute Gasteiger partial charge is 0.465 e. The molecule has 1 aliphatic heterocycles. The molecule has 0 spiro atoms. The third-order valence-corrected chi connectivity index (χ3v) is 4.90. The van der Waals surface area contributed by atoms with E-state index in [9.17, 15) is 9.59 Å². The van der Waals surface area contributed by atoms with E-state index < -0.39 is 5.97 Å². The van der Waals surface area contributed by atoms with Crippen LogP contribution in [0, 0.1) is 0 Å². The number of hydrogen-bond acceptors (Lipinski definition) is 7. The Balaban J connectivity index is 1.81. The van der Waals surface area contributed by atoms with Gasteiger partial charge in [0.15, 0.2) is 0 Å². The summed E-state index contributed by atoms with van der Waals surface area (Å²) in [6, 6.07) is 9.94. The number of hydrogen-bond donors (Lipinski definition) is 1. The monoisotopic (exact) mass is 396 g/mol. The molecule has 1 saturated heterocycles. The molecule has 1 N–H and O–H groups in total. The van der Waals surface area contributed by atoms with Crippen LogP contribution >= 0.6 is 0 Å². The fraction of sp³-hybridized carbons (Fsp3) is 0.400. The smallest absolute Gasteiger partial charge is 0.327 e. The lowest BCUT2D eigenvalue weighted by Gasteiger charge is -2.28. The van der Waals surface area contributed by atoms with Gasteiger partial charge in [0.05, 0.1) is 19.3 Å². The summed E-state index contributed by atoms with van der Waals surface area (Å²) >= 11 is 0. The van der Waals surface area contributed by atoms with Gasteiger partial charge < -0.3 is 19.5 Å². The van der Waals surface area contributed by atoms with Crippen LogP contribution < -0.4 is 15.8 Å². The summed E-state index contributed by atoms with van der Waals surface area (Å²) in [7, 11) is 0. The van der Waals surface area contributed by atoms with Gasteiger partial charge in [0.1, 0.15) is 17.6 Å². The average molecular weight is 396 g/mol. The molecule has 0 unspecified atom stereocenters. The van der Waals surface area contributed by atoms with Crippen LogP contribution in [0.1, 0.15) is 12.5 Å². The van der Waals surface area contributed by atoms with Crippen molar-refractivity contribution in [2.75, 3.05) is 37.7 Å². The molecule has 0 radical (unpaired) electrons. The van der Waals surface area contributed by atoms with E-state index in [0.717, 1.165) is 42.4 Å². The maximum Gasteiger partial charge on any atom is 0.327 e. The van der Waals surface area contributed by atoms with Gasteiger partial charge in [-0.15, -0.1) is 0 Å². The first-order valence-corrected chi connectivity index (χ1v) is 9.79. The van der Waals surface area contributed by atoms with Gasteiger partial charge >= 0.3 is 5.97 Å². The van der Waals surface area contributed by atoms with Crippen LogP contribution in [0.15, 0.2) is 41.3 Å². The van der Waals surface area contributed by atoms with Crippen molar-refractivity contribution in [3.63, 3.8) is 0 Å². The number of ether oxygens (including phenoxy) is 1. The number of anilines is 1. The Morgan fingerprint density at radius 2 is 1.97 bits per heavy atom. The van der Waals surface area contributed by atoms with Crippen molar-refractivity contribution < 1.29 is 9.53 Å². The van der Waals surface area contributed by atoms with Crippen molar-refractivity contribution in [2.24, 2.45) is 0 Å². The van der Waals surface area contributed by atoms with Crippen LogP contribution in [0.25, 0.3) is 11.0 Å². The highest BCUT2D eigenvalue weighted by Gasteiger charge is 2.22. The number of imidazole rings is 1. The summed E-state index contributed by atoms with van der Waals surface area (Å²) in [6.45, 7) is 5.61. The quantitative estimate of drug-likeness (QED) is 0.610. The summed E-state index contributed by atoms with van der Waals surface area (Å²) in [4.78, 5) is 31.9. The molecule has 0 aliphatic carbocycles. The predicted molar refractivity (Wildman–Crippen MR) is 109 cm³/mol. The number of fused-ring (bicyclic) bond motifs is 1. The van der Waals surface area contributed by atoms with E-state index >= 15 is 0 Å². The molecular formula is C20H24N6O3. The van der Waals surface area contributed by atoms with Crippen LogP contribution in [0.4, 0.5) is 5.95 Å². The topological polar surface area (TPSA) is 94.3 Å². The van der Waals surface area contributed by atoms with Crippen LogP contribution in [0.5, 0.6) is 0 Å². The molecule has 152 valence electrons. The molecule has 3 heterocycles. The number of carbonyl (C=O) groups is 1. The van der Waals surface area contributed by atoms with Crippen LogP contribution in [0.3, 0.4) is 0 Å². The minimum absolute atomic E-state index is 0.220. The fourth-order valence-electron chi connectivity index (χ4n) is 3.54. The van der Waals surface area contributed by atoms with Crippen LogP contribution in [-0.2, 0) is 22.6 Å². The maximum atomic E-state index is 13.2. The molecule has 9 nitrogen and oxygen atoms in total. The minimum atomic E-state index is -0.488. The first-order chi connectivity index (χ1) is 14.2. The van der Waals surface area contributed by atoms with Gasteiger partial charge in [0, 0.05) is 26.2 Å². The van der Waals surface area contributed by atoms with E-state index in [1.807, 2.05) is 34.9 Å². The summed E-state index contributed by atoms with van der Waals surface area (Å²) in [5, 5.41) is 7.47. The van der Waals surface area contributed by atoms with Gasteiger partial charge in [-0.25, -0.2) is 9.67 Å². The Bertz CT molecular complexity index is 1050. The third kappa shape index (κ3) is 4.00. The lowest BCUT2D eigenvalue weighted by molar-refractivity contribution is -0.144. The van der Waals surface area contributed by atoms with Gasteiger partial charge in [0.25, 0.3) is 5.56 Å². The van der Waals surface area contributed by atoms with Crippen molar-refractivity contribution in [1.29, 1.82) is 0 Å². The standard InChI is InChI=1S/C20H24N6O3/c1-2-29-17(27)14-26-19(28)18-16(12-22-26)23-20(24-10-8-21-9-11-24)25(18)13-15-6-4-3-5-7-15/h3-7,12,21H,2,8-11,13-14H2,1H3. The second-order valence-corrected chi connectivity index (χ2v) is 6.87. The highest BCUT2D eigenvalue weighted by atomic mass is 16.5. The number of benzene rings is 1. The molecule has 3 aromatic rings. The van der Waals surface area contributed by atoms with Crippen molar-refractivity contribution in [3.8, 4) is 0 Å². The highest BCUT2D eigenvalue weighted by molar-refractivity contribution is 5.78. The average Bonchev–Trinajstić information content (AvgIpc) is 3.11. The predicted octanol–water partition coefficient (Wildman–Crippen LogP) is 0.614. The molecule has 29 heavy (non-hydrogen) atoms. The number of nitrogens with zero attached hydrogens (tertiary/aromatic N) is 5. The number of rotatable bonds is 6. The molecular weight excluding hydrogens is 372 g/mol. The molecule has 0 saturated carbocycles. The zero-order valence-corrected chi connectivity index (χ0v) is 16.4. The summed E-state index contributed by atoms with van der Waals surface area (Å²) in [5.41, 5.74) is 1.69. The Morgan fingerprint density at radius 1 is 1.21 bits per heavy atom. The molecule has 2 aromatic heterocycles. The van der Waals surface area contributed by atoms with E-state index in [2.05, 4.69) is 15.3 Å². The number of esters is 1. The van der Waals surface area contributed by atoms with Crippen molar-refractivity contribution in [2.45, 2.75) is 20.0 Å². The first-order valence-electron chi connectivity index (χ1n) is 9.79. The second kappa shape index (κ2) is 8.44. The van der Waals surface area contributed by atoms with E-state index in [1.54, 1.807) is 13.1 Å². The molecule has 0 atom stereocenters. The van der Waals surface area contributed by atoms with Crippen molar-refractivity contribution >= 4 is 23.0 Å². The third-order valence-electron chi connectivity index (χ3n) is 4.90. The van der Waals surface area contributed by atoms with Gasteiger partial charge in [-0.05, 0) is 12.5 Å². The van der Waals surface area contributed by atoms with E-state index in [1.165, 1.54) is 0 Å². The maximum absolute atomic E-state index is 13.2. The molecule has 0 bridgehead atoms. The Kier molecular flexibility index (Phi) is 5.57. The molecule has 0 amide bonds. The van der Waals surface area contributed by atoms with Gasteiger partial charge in [-0.1, -0.05) is 30.3 Å². The Morgan fingerprint density at radius 3 is 2.69 bits per heavy atom. The van der Waals surface area contributed by atoms with Gasteiger partial charge in [-0.3, -0.25) is 9.59 Å². The van der Waals surface area contributed by atoms with E-state index in [4.69, 9.17) is 9.72 Å². The number of carbonyl (C=O) groups excluding carboxylic acids is 1. The van der Waals surface area contributed by atoms with E-state index in [0.29, 0.717) is 17.6 Å². The zero-order valence-electron chi connectivity index (χ0n) is 16.4. The molecule has 1 aliphatic rings. The number of aromatic nitrogens is 4. The van der Waals surface area contributed by atoms with Crippen LogP contribution in [0.2, 0.25) is 0 Å². The first kappa shape index (κ1) is 19.1. The Hall–Kier alpha value is -3.20. The van der Waals surface area contributed by atoms with Gasteiger partial charge in [-0.2, -0.15) is 5.10 Å². The number of nitrogens with one attached hydrogen (secondary N) is 1. The minimum Gasteiger partial charge on any atom is -0.465 e. The summed E-state index contributed by atoms with van der Waals surface area (Å²) < 4.78 is 8.04. The second-order valence-electron chi connectivity index (χ2n) is 6.87. The van der Waals surface area contributed by atoms with Gasteiger partial charge in [0.2, 0.25) is 5.95 Å². The molecule has 1 aromatic carbocycles. The highest BCUT2D eigenvalue weighted by Crippen LogP contribution is 2.22. The fourth-order valence-corrected chi connectivity index (χ4v) is 3.54. The number of piperazine rings is 1. The lowest BCUT2D eigenvalue weighted by atomic mass is 10.2. The normalized spacial score (nSPS) is 14.3. The van der Waals surface area contributed by atoms with Crippen LogP contribution in [-0.4, -0.2) is 58.1 Å². The summed E-state index contributed by atoms with van der Waals surface area (Å²) in [5.74, 6) is 0.260. The zero-order chi connectivity index (χ0) is 20.2. The van der Waals surface area contributed by atoms with E-state index in [-0.39, 0.29) is 18.7 Å². The lowest BCUT2D eigenvalue weighted by Crippen LogP contribution is -2.44. The molecule has 1 fully saturated rings. The molecule has 9 heteroatoms. The molecule has 4 rings (SSSR count). The Labute approximate surface area is 167 Å². The summed E-state index contributed by atoms with van der Waals surface area (Å²) in [6.07, 6.45) is 1.54. The van der Waals surface area contributed by atoms with Crippen molar-refractivity contribution in [3.05, 3.63) is 52.4 Å². The SMILES string of the molecule is CCOC(=O)Cn1ncc2nc(N3CCNCC3)n(Cc3ccccc3)c2c1=O.